The molecule has 0 aromatic heterocycles. The van der Waals surface area contributed by atoms with E-state index < -0.39 is 0 Å². The number of rotatable bonds is 3. The van der Waals surface area contributed by atoms with Gasteiger partial charge in [0, 0.05) is 12.4 Å². The Balaban J connectivity index is 2.30. The van der Waals surface area contributed by atoms with E-state index in [1.807, 2.05) is 0 Å². The van der Waals surface area contributed by atoms with Crippen LogP contribution in [0.5, 0.6) is 0 Å². The molecule has 0 radical (unpaired) electrons. The highest BCUT2D eigenvalue weighted by Gasteiger charge is 2.18. The van der Waals surface area contributed by atoms with Crippen molar-refractivity contribution in [2.45, 2.75) is 0 Å². The van der Waals surface area contributed by atoms with Crippen LogP contribution in [0.25, 0.3) is 0 Å². The Morgan fingerprint density at radius 1 is 1.82 bits per heavy atom. The average molecular weight is 158 g/mol. The zero-order valence-corrected chi connectivity index (χ0v) is 6.24. The van der Waals surface area contributed by atoms with Gasteiger partial charge in [0.25, 0.3) is 0 Å². The summed E-state index contributed by atoms with van der Waals surface area (Å²) >= 11 is 0. The van der Waals surface area contributed by atoms with E-state index in [2.05, 4.69) is 15.1 Å². The van der Waals surface area contributed by atoms with E-state index in [0.29, 0.717) is 13.2 Å². The van der Waals surface area contributed by atoms with Crippen molar-refractivity contribution in [3.05, 3.63) is 12.4 Å². The number of hydrogen-bond donors (Lipinski definition) is 1. The highest BCUT2D eigenvalue weighted by Crippen LogP contribution is 2.02. The summed E-state index contributed by atoms with van der Waals surface area (Å²) in [4.78, 5) is 16.7. The fourth-order valence-corrected chi connectivity index (χ4v) is 0.729. The predicted octanol–water partition coefficient (Wildman–Crippen LogP) is 0.0608. The highest BCUT2D eigenvalue weighted by molar-refractivity contribution is 5.70. The minimum absolute atomic E-state index is 0.320. The summed E-state index contributed by atoms with van der Waals surface area (Å²) in [5, 5.41) is 0. The van der Waals surface area contributed by atoms with Gasteiger partial charge in [-0.25, -0.2) is 4.79 Å². The second-order valence-electron chi connectivity index (χ2n) is 1.95. The van der Waals surface area contributed by atoms with Crippen molar-refractivity contribution in [3.63, 3.8) is 0 Å². The first kappa shape index (κ1) is 7.87. The molecule has 1 N–H and O–H groups in total. The largest absolute Gasteiger partial charge is 0.447 e. The molecule has 62 valence electrons. The molecule has 0 bridgehead atoms. The van der Waals surface area contributed by atoms with Crippen LogP contribution in [0.4, 0.5) is 4.79 Å². The van der Waals surface area contributed by atoms with Crippen LogP contribution < -0.4 is 5.48 Å². The van der Waals surface area contributed by atoms with Gasteiger partial charge < -0.3 is 4.74 Å². The molecule has 1 aliphatic rings. The SMILES string of the molecule is CONC=CN1CCOC1=O. The van der Waals surface area contributed by atoms with Crippen LogP contribution in [-0.4, -0.2) is 31.3 Å². The van der Waals surface area contributed by atoms with Crippen LogP contribution >= 0.6 is 0 Å². The van der Waals surface area contributed by atoms with Gasteiger partial charge in [-0.3, -0.25) is 15.2 Å². The maximum absolute atomic E-state index is 10.8. The molecule has 11 heavy (non-hydrogen) atoms. The molecule has 0 saturated carbocycles. The monoisotopic (exact) mass is 158 g/mol. The zero-order valence-electron chi connectivity index (χ0n) is 6.24. The number of hydroxylamine groups is 1. The molecule has 0 aliphatic carbocycles. The van der Waals surface area contributed by atoms with Crippen molar-refractivity contribution in [1.82, 2.24) is 10.4 Å². The molecule has 5 heteroatoms. The van der Waals surface area contributed by atoms with Crippen molar-refractivity contribution < 1.29 is 14.4 Å². The van der Waals surface area contributed by atoms with Crippen LogP contribution in [0.2, 0.25) is 0 Å². The second kappa shape index (κ2) is 3.82. The lowest BCUT2D eigenvalue weighted by Crippen LogP contribution is -2.18. The van der Waals surface area contributed by atoms with E-state index in [-0.39, 0.29) is 6.09 Å². The van der Waals surface area contributed by atoms with Crippen LogP contribution in [0.15, 0.2) is 12.4 Å². The minimum atomic E-state index is -0.320. The maximum Gasteiger partial charge on any atom is 0.414 e. The van der Waals surface area contributed by atoms with Crippen molar-refractivity contribution in [1.29, 1.82) is 0 Å². The van der Waals surface area contributed by atoms with Crippen molar-refractivity contribution >= 4 is 6.09 Å². The predicted molar refractivity (Wildman–Crippen MR) is 37.3 cm³/mol. The van der Waals surface area contributed by atoms with Gasteiger partial charge in [0.2, 0.25) is 0 Å². The molecule has 0 aromatic carbocycles. The molecule has 0 spiro atoms. The van der Waals surface area contributed by atoms with Crippen LogP contribution in [0.3, 0.4) is 0 Å². The fraction of sp³-hybridized carbons (Fsp3) is 0.500. The Labute approximate surface area is 64.5 Å². The number of nitrogens with zero attached hydrogens (tertiary/aromatic N) is 1. The molecule has 1 fully saturated rings. The Morgan fingerprint density at radius 3 is 3.18 bits per heavy atom. The van der Waals surface area contributed by atoms with E-state index in [1.165, 1.54) is 18.2 Å². The first-order valence-electron chi connectivity index (χ1n) is 3.23. The lowest BCUT2D eigenvalue weighted by atomic mass is 10.6. The molecule has 0 atom stereocenters. The molecule has 1 amide bonds. The number of carbonyl (C=O) groups excluding carboxylic acids is 1. The molecular weight excluding hydrogens is 148 g/mol. The van der Waals surface area contributed by atoms with Gasteiger partial charge in [-0.05, 0) is 0 Å². The van der Waals surface area contributed by atoms with Gasteiger partial charge in [-0.1, -0.05) is 0 Å². The summed E-state index contributed by atoms with van der Waals surface area (Å²) in [6.45, 7) is 1.05. The molecule has 0 unspecified atom stereocenters. The summed E-state index contributed by atoms with van der Waals surface area (Å²) in [5.74, 6) is 0. The number of hydrogen-bond acceptors (Lipinski definition) is 4. The summed E-state index contributed by atoms with van der Waals surface area (Å²) in [5.41, 5.74) is 2.47. The molecule has 5 nitrogen and oxygen atoms in total. The van der Waals surface area contributed by atoms with Crippen LogP contribution in [-0.2, 0) is 9.57 Å². The number of nitrogens with one attached hydrogen (secondary N) is 1. The number of ether oxygens (including phenoxy) is 1. The van der Waals surface area contributed by atoms with Crippen LogP contribution in [0.1, 0.15) is 0 Å². The smallest absolute Gasteiger partial charge is 0.414 e. The lowest BCUT2D eigenvalue weighted by molar-refractivity contribution is 0.127. The third-order valence-electron chi connectivity index (χ3n) is 1.23. The van der Waals surface area contributed by atoms with Gasteiger partial charge in [0.15, 0.2) is 0 Å². The third-order valence-corrected chi connectivity index (χ3v) is 1.23. The summed E-state index contributed by atoms with van der Waals surface area (Å²) in [6.07, 6.45) is 2.77. The Bertz CT molecular complexity index is 169. The Kier molecular flexibility index (Phi) is 2.74. The summed E-state index contributed by atoms with van der Waals surface area (Å²) < 4.78 is 4.66. The van der Waals surface area contributed by atoms with Gasteiger partial charge in [0.05, 0.1) is 13.7 Å². The molecule has 1 rings (SSSR count). The second-order valence-corrected chi connectivity index (χ2v) is 1.95. The van der Waals surface area contributed by atoms with Crippen molar-refractivity contribution in [3.8, 4) is 0 Å². The van der Waals surface area contributed by atoms with Gasteiger partial charge in [-0.2, -0.15) is 0 Å². The van der Waals surface area contributed by atoms with Gasteiger partial charge >= 0.3 is 6.09 Å². The zero-order chi connectivity index (χ0) is 8.10. The third kappa shape index (κ3) is 2.12. The highest BCUT2D eigenvalue weighted by atomic mass is 16.6. The molecular formula is C6H10N2O3. The normalized spacial score (nSPS) is 17.5. The minimum Gasteiger partial charge on any atom is -0.447 e. The van der Waals surface area contributed by atoms with Crippen LogP contribution in [0, 0.1) is 0 Å². The van der Waals surface area contributed by atoms with E-state index >= 15 is 0 Å². The fourth-order valence-electron chi connectivity index (χ4n) is 0.729. The Hall–Kier alpha value is -1.23. The van der Waals surface area contributed by atoms with Crippen molar-refractivity contribution in [2.24, 2.45) is 0 Å². The Morgan fingerprint density at radius 2 is 2.64 bits per heavy atom. The lowest BCUT2D eigenvalue weighted by Gasteiger charge is -2.04. The number of amides is 1. The molecule has 0 aromatic rings. The average Bonchev–Trinajstić information content (AvgIpc) is 2.37. The maximum atomic E-state index is 10.8. The van der Waals surface area contributed by atoms with E-state index in [1.54, 1.807) is 6.20 Å². The van der Waals surface area contributed by atoms with E-state index in [0.717, 1.165) is 0 Å². The first-order valence-corrected chi connectivity index (χ1v) is 3.23. The van der Waals surface area contributed by atoms with E-state index in [9.17, 15) is 4.79 Å². The van der Waals surface area contributed by atoms with Gasteiger partial charge in [-0.15, -0.1) is 0 Å². The molecule has 1 heterocycles. The van der Waals surface area contributed by atoms with E-state index in [4.69, 9.17) is 0 Å². The number of carbonyl (C=O) groups is 1. The van der Waals surface area contributed by atoms with Crippen molar-refractivity contribution in [2.75, 3.05) is 20.3 Å². The quantitative estimate of drug-likeness (QED) is 0.590. The molecule has 1 saturated heterocycles. The first-order chi connectivity index (χ1) is 5.34. The molecule has 1 aliphatic heterocycles. The topological polar surface area (TPSA) is 50.8 Å². The standard InChI is InChI=1S/C6H10N2O3/c1-10-7-2-3-8-4-5-11-6(8)9/h2-3,7H,4-5H2,1H3. The number of cyclic esters (lactones) is 1. The summed E-state index contributed by atoms with van der Waals surface area (Å²) in [6, 6.07) is 0. The summed E-state index contributed by atoms with van der Waals surface area (Å²) in [7, 11) is 1.49. The van der Waals surface area contributed by atoms with Gasteiger partial charge in [0.1, 0.15) is 6.61 Å².